The topological polar surface area (TPSA) is 63.1 Å². The van der Waals surface area contributed by atoms with Crippen LogP contribution in [0.4, 0.5) is 19.0 Å². The highest BCUT2D eigenvalue weighted by Gasteiger charge is 2.36. The highest BCUT2D eigenvalue weighted by Crippen LogP contribution is 2.38. The van der Waals surface area contributed by atoms with E-state index < -0.39 is 11.7 Å². The molecule has 1 N–H and O–H groups in total. The van der Waals surface area contributed by atoms with Crippen molar-refractivity contribution < 1.29 is 13.2 Å². The van der Waals surface area contributed by atoms with Gasteiger partial charge in [0.1, 0.15) is 11.6 Å². The van der Waals surface area contributed by atoms with Gasteiger partial charge in [-0.25, -0.2) is 9.97 Å². The lowest BCUT2D eigenvalue weighted by Crippen LogP contribution is -2.49. The molecule has 186 valence electrons. The van der Waals surface area contributed by atoms with Gasteiger partial charge in [-0.2, -0.15) is 13.2 Å². The van der Waals surface area contributed by atoms with Crippen LogP contribution in [0.2, 0.25) is 0 Å². The zero-order valence-corrected chi connectivity index (χ0v) is 20.2. The average molecular weight is 486 g/mol. The number of nitrogens with zero attached hydrogens (tertiary/aromatic N) is 4. The maximum atomic E-state index is 13.5. The van der Waals surface area contributed by atoms with Crippen molar-refractivity contribution in [2.24, 2.45) is 5.92 Å². The molecule has 0 radical (unpaired) electrons. The highest BCUT2D eigenvalue weighted by molar-refractivity contribution is 5.88. The maximum absolute atomic E-state index is 13.5. The first-order chi connectivity index (χ1) is 16.7. The fraction of sp³-hybridized carbons (Fsp3) is 0.500. The van der Waals surface area contributed by atoms with Crippen molar-refractivity contribution in [3.63, 3.8) is 0 Å². The predicted molar refractivity (Wildman–Crippen MR) is 130 cm³/mol. The predicted octanol–water partition coefficient (Wildman–Crippen LogP) is 5.26. The van der Waals surface area contributed by atoms with Gasteiger partial charge < -0.3 is 14.8 Å². The number of alkyl halides is 3. The third kappa shape index (κ3) is 4.42. The summed E-state index contributed by atoms with van der Waals surface area (Å²) in [6.07, 6.45) is 0.153. The molecule has 3 aromatic rings. The number of halogens is 3. The number of anilines is 1. The molecule has 0 saturated carbocycles. The Morgan fingerprint density at radius 2 is 1.91 bits per heavy atom. The molecule has 1 unspecified atom stereocenters. The zero-order valence-electron chi connectivity index (χ0n) is 20.2. The van der Waals surface area contributed by atoms with Crippen LogP contribution in [-0.4, -0.2) is 39.1 Å². The molecule has 6 nitrogen and oxygen atoms in total. The van der Waals surface area contributed by atoms with Crippen LogP contribution in [0.1, 0.15) is 60.8 Å². The van der Waals surface area contributed by atoms with Crippen molar-refractivity contribution in [1.82, 2.24) is 19.4 Å². The van der Waals surface area contributed by atoms with Gasteiger partial charge in [-0.1, -0.05) is 19.1 Å². The third-order valence-corrected chi connectivity index (χ3v) is 7.62. The Bertz CT molecular complexity index is 1310. The average Bonchev–Trinajstić information content (AvgIpc) is 2.82. The Hall–Kier alpha value is -2.94. The number of aryl methyl sites for hydroxylation is 1. The molecule has 1 aromatic carbocycles. The summed E-state index contributed by atoms with van der Waals surface area (Å²) in [5.41, 5.74) is 0.616. The summed E-state index contributed by atoms with van der Waals surface area (Å²) in [7, 11) is 0. The number of fused-ring (bicyclic) bond motifs is 4. The van der Waals surface area contributed by atoms with Crippen LogP contribution in [0.15, 0.2) is 35.3 Å². The number of aromatic nitrogens is 3. The summed E-state index contributed by atoms with van der Waals surface area (Å²) < 4.78 is 42.4. The van der Waals surface area contributed by atoms with Crippen LogP contribution < -0.4 is 10.9 Å². The minimum Gasteiger partial charge on any atom is -0.363 e. The number of benzene rings is 1. The molecule has 0 aliphatic carbocycles. The summed E-state index contributed by atoms with van der Waals surface area (Å²) in [6.45, 7) is 8.19. The fourth-order valence-corrected chi connectivity index (χ4v) is 5.76. The van der Waals surface area contributed by atoms with Crippen molar-refractivity contribution in [1.29, 1.82) is 0 Å². The second-order valence-corrected chi connectivity index (χ2v) is 9.77. The second kappa shape index (κ2) is 8.93. The molecule has 6 rings (SSSR count). The molecule has 5 heterocycles. The summed E-state index contributed by atoms with van der Waals surface area (Å²) in [4.78, 5) is 24.5. The van der Waals surface area contributed by atoms with Gasteiger partial charge >= 0.3 is 6.18 Å². The largest absolute Gasteiger partial charge is 0.416 e. The Kier molecular flexibility index (Phi) is 6.07. The molecule has 9 heteroatoms. The van der Waals surface area contributed by atoms with E-state index in [1.54, 1.807) is 19.1 Å². The lowest BCUT2D eigenvalue weighted by Gasteiger charge is -2.45. The lowest BCUT2D eigenvalue weighted by molar-refractivity contribution is -0.138. The summed E-state index contributed by atoms with van der Waals surface area (Å²) >= 11 is 0. The van der Waals surface area contributed by atoms with Gasteiger partial charge in [0, 0.05) is 18.8 Å². The monoisotopic (exact) mass is 485 g/mol. The van der Waals surface area contributed by atoms with Crippen molar-refractivity contribution in [2.45, 2.75) is 58.3 Å². The molecular formula is C26H30F3N5O. The van der Waals surface area contributed by atoms with Crippen LogP contribution in [0, 0.1) is 19.8 Å². The standard InChI is InChI=1S/C26H30F3N5O/c1-4-21(18-6-5-7-20(15(18)2)26(27,28)29)32-25-19-13-34(23-14-33-10-8-17(23)9-11-33)24(35)12-22(19)30-16(3)31-25/h5-7,12-13,17,21,23H,4,8-11,14H2,1-3H3,(H,30,31,32)/t21-,23?/m1/s1. The SMILES string of the molecule is CC[C@@H](Nc1nc(C)nc2cc(=O)n(C3CN4CCC3CC4)cc12)c1cccc(C(F)(F)F)c1C. The van der Waals surface area contributed by atoms with Gasteiger partial charge in [-0.3, -0.25) is 4.79 Å². The molecule has 2 atom stereocenters. The van der Waals surface area contributed by atoms with Gasteiger partial charge in [0.2, 0.25) is 0 Å². The molecular weight excluding hydrogens is 455 g/mol. The second-order valence-electron chi connectivity index (χ2n) is 9.77. The smallest absolute Gasteiger partial charge is 0.363 e. The number of hydrogen-bond acceptors (Lipinski definition) is 5. The molecule has 2 bridgehead atoms. The Labute approximate surface area is 202 Å². The first kappa shape index (κ1) is 23.8. The first-order valence-corrected chi connectivity index (χ1v) is 12.2. The maximum Gasteiger partial charge on any atom is 0.416 e. The Morgan fingerprint density at radius 1 is 1.17 bits per heavy atom. The van der Waals surface area contributed by atoms with Crippen molar-refractivity contribution in [3.05, 3.63) is 63.3 Å². The Balaban J connectivity index is 1.57. The van der Waals surface area contributed by atoms with Gasteiger partial charge in [0.05, 0.1) is 28.6 Å². The molecule has 0 amide bonds. The van der Waals surface area contributed by atoms with Crippen LogP contribution >= 0.6 is 0 Å². The Morgan fingerprint density at radius 3 is 2.54 bits per heavy atom. The van der Waals surface area contributed by atoms with E-state index in [1.807, 2.05) is 17.7 Å². The highest BCUT2D eigenvalue weighted by atomic mass is 19.4. The van der Waals surface area contributed by atoms with E-state index in [0.717, 1.165) is 38.5 Å². The molecule has 2 aromatic heterocycles. The van der Waals surface area contributed by atoms with E-state index in [4.69, 9.17) is 0 Å². The minimum atomic E-state index is -4.41. The fourth-order valence-electron chi connectivity index (χ4n) is 5.76. The number of pyridine rings is 1. The summed E-state index contributed by atoms with van der Waals surface area (Å²) in [6, 6.07) is 5.57. The van der Waals surface area contributed by atoms with E-state index in [2.05, 4.69) is 20.2 Å². The van der Waals surface area contributed by atoms with Crippen LogP contribution in [0.25, 0.3) is 10.9 Å². The molecule has 3 fully saturated rings. The first-order valence-electron chi connectivity index (χ1n) is 12.2. The van der Waals surface area contributed by atoms with Crippen LogP contribution in [-0.2, 0) is 6.18 Å². The van der Waals surface area contributed by atoms with Gasteiger partial charge in [-0.15, -0.1) is 0 Å². The molecule has 0 spiro atoms. The quantitative estimate of drug-likeness (QED) is 0.534. The van der Waals surface area contributed by atoms with E-state index in [-0.39, 0.29) is 23.2 Å². The normalized spacial score (nSPS) is 23.0. The van der Waals surface area contributed by atoms with Crippen molar-refractivity contribution in [3.8, 4) is 0 Å². The number of hydrogen-bond donors (Lipinski definition) is 1. The number of nitrogens with one attached hydrogen (secondary N) is 1. The van der Waals surface area contributed by atoms with E-state index in [0.29, 0.717) is 40.4 Å². The van der Waals surface area contributed by atoms with Crippen LogP contribution in [0.5, 0.6) is 0 Å². The molecule has 35 heavy (non-hydrogen) atoms. The summed E-state index contributed by atoms with van der Waals surface area (Å²) in [5, 5.41) is 4.09. The minimum absolute atomic E-state index is 0.0823. The van der Waals surface area contributed by atoms with E-state index in [1.165, 1.54) is 13.0 Å². The number of piperidine rings is 3. The number of rotatable bonds is 5. The van der Waals surface area contributed by atoms with Crippen molar-refractivity contribution in [2.75, 3.05) is 25.0 Å². The molecule has 3 saturated heterocycles. The summed E-state index contributed by atoms with van der Waals surface area (Å²) in [5.74, 6) is 1.50. The van der Waals surface area contributed by atoms with Gasteiger partial charge in [0.25, 0.3) is 5.56 Å². The van der Waals surface area contributed by atoms with Crippen molar-refractivity contribution >= 4 is 16.7 Å². The van der Waals surface area contributed by atoms with E-state index >= 15 is 0 Å². The molecule has 3 aliphatic heterocycles. The van der Waals surface area contributed by atoms with E-state index in [9.17, 15) is 18.0 Å². The van der Waals surface area contributed by atoms with Crippen LogP contribution in [0.3, 0.4) is 0 Å². The third-order valence-electron chi connectivity index (χ3n) is 7.62. The zero-order chi connectivity index (χ0) is 24.9. The van der Waals surface area contributed by atoms with Gasteiger partial charge in [0.15, 0.2) is 0 Å². The van der Waals surface area contributed by atoms with Gasteiger partial charge in [-0.05, 0) is 69.3 Å². The molecule has 3 aliphatic rings. The lowest BCUT2D eigenvalue weighted by atomic mass is 9.84.